The maximum atomic E-state index is 15.1. The number of amides is 2. The predicted molar refractivity (Wildman–Crippen MR) is 212 cm³/mol. The topological polar surface area (TPSA) is 121 Å². The number of para-hydroxylation sites is 1. The number of piperidine rings is 1. The molecule has 2 amide bonds. The molecule has 0 atom stereocenters. The SMILES string of the molecule is CCCN1CCN(C(=O)c2ccc(Oc3nc(Nc4ccc(OCCCN5CCCCC5)c(F)c4)ncc3C(=O)Nc3c(C)cccc3C)c(OC)c2)CC1. The molecule has 0 bridgehead atoms. The lowest BCUT2D eigenvalue weighted by Gasteiger charge is -2.34. The Morgan fingerprint density at radius 3 is 2.29 bits per heavy atom. The molecule has 2 fully saturated rings. The summed E-state index contributed by atoms with van der Waals surface area (Å²) in [5.41, 5.74) is 3.34. The highest BCUT2D eigenvalue weighted by Gasteiger charge is 2.25. The van der Waals surface area contributed by atoms with E-state index in [9.17, 15) is 9.59 Å². The van der Waals surface area contributed by atoms with Crippen molar-refractivity contribution in [2.24, 2.45) is 0 Å². The third-order valence-electron chi connectivity index (χ3n) is 10.0. The van der Waals surface area contributed by atoms with Crippen LogP contribution in [-0.4, -0.2) is 103 Å². The van der Waals surface area contributed by atoms with E-state index in [0.29, 0.717) is 42.4 Å². The second-order valence-electron chi connectivity index (χ2n) is 14.1. The highest BCUT2D eigenvalue weighted by Crippen LogP contribution is 2.35. The smallest absolute Gasteiger partial charge is 0.262 e. The van der Waals surface area contributed by atoms with E-state index in [1.165, 1.54) is 38.6 Å². The van der Waals surface area contributed by atoms with E-state index in [0.717, 1.165) is 63.2 Å². The van der Waals surface area contributed by atoms with Gasteiger partial charge in [-0.3, -0.25) is 14.5 Å². The van der Waals surface area contributed by atoms with E-state index in [1.54, 1.807) is 30.3 Å². The van der Waals surface area contributed by atoms with E-state index >= 15 is 4.39 Å². The van der Waals surface area contributed by atoms with Crippen molar-refractivity contribution in [3.63, 3.8) is 0 Å². The Hall–Kier alpha value is -5.27. The lowest BCUT2D eigenvalue weighted by atomic mass is 10.1. The van der Waals surface area contributed by atoms with Crippen LogP contribution < -0.4 is 24.8 Å². The molecule has 6 rings (SSSR count). The number of aromatic nitrogens is 2. The summed E-state index contributed by atoms with van der Waals surface area (Å²) in [5.74, 6) is -0.402. The number of carbonyl (C=O) groups is 2. The normalized spacial score (nSPS) is 15.0. The minimum Gasteiger partial charge on any atom is -0.493 e. The summed E-state index contributed by atoms with van der Waals surface area (Å²) in [5, 5.41) is 5.99. The van der Waals surface area contributed by atoms with Crippen molar-refractivity contribution in [3.8, 4) is 23.1 Å². The lowest BCUT2D eigenvalue weighted by molar-refractivity contribution is 0.0637. The molecule has 1 aromatic heterocycles. The number of halogens is 1. The molecule has 13 heteroatoms. The van der Waals surface area contributed by atoms with E-state index < -0.39 is 11.7 Å². The molecule has 2 aliphatic rings. The Balaban J connectivity index is 1.20. The van der Waals surface area contributed by atoms with Gasteiger partial charge in [0.15, 0.2) is 23.1 Å². The van der Waals surface area contributed by atoms with Gasteiger partial charge < -0.3 is 34.6 Å². The molecule has 2 aliphatic heterocycles. The zero-order valence-electron chi connectivity index (χ0n) is 32.3. The van der Waals surface area contributed by atoms with Crippen LogP contribution in [0, 0.1) is 19.7 Å². The number of anilines is 3. The van der Waals surface area contributed by atoms with E-state index in [4.69, 9.17) is 14.2 Å². The molecule has 2 saturated heterocycles. The van der Waals surface area contributed by atoms with Crippen LogP contribution in [0.5, 0.6) is 23.1 Å². The van der Waals surface area contributed by atoms with Gasteiger partial charge in [0.1, 0.15) is 5.56 Å². The average molecular weight is 754 g/mol. The molecular weight excluding hydrogens is 702 g/mol. The molecule has 3 aromatic carbocycles. The van der Waals surface area contributed by atoms with Gasteiger partial charge in [-0.25, -0.2) is 9.37 Å². The monoisotopic (exact) mass is 753 g/mol. The van der Waals surface area contributed by atoms with Crippen molar-refractivity contribution in [2.45, 2.75) is 52.9 Å². The van der Waals surface area contributed by atoms with E-state index in [2.05, 4.69) is 37.3 Å². The molecule has 0 radical (unpaired) electrons. The maximum Gasteiger partial charge on any atom is 0.262 e. The molecule has 4 aromatic rings. The summed E-state index contributed by atoms with van der Waals surface area (Å²) >= 11 is 0. The van der Waals surface area contributed by atoms with Crippen LogP contribution in [0.4, 0.5) is 21.7 Å². The minimum absolute atomic E-state index is 0.0554. The highest BCUT2D eigenvalue weighted by atomic mass is 19.1. The van der Waals surface area contributed by atoms with Gasteiger partial charge in [-0.2, -0.15) is 4.98 Å². The van der Waals surface area contributed by atoms with E-state index in [-0.39, 0.29) is 34.8 Å². The second-order valence-corrected chi connectivity index (χ2v) is 14.1. The van der Waals surface area contributed by atoms with Crippen LogP contribution in [0.1, 0.15) is 70.9 Å². The fourth-order valence-corrected chi connectivity index (χ4v) is 6.99. The average Bonchev–Trinajstić information content (AvgIpc) is 3.19. The van der Waals surface area contributed by atoms with Crippen molar-refractivity contribution in [3.05, 3.63) is 88.9 Å². The number of likely N-dealkylation sites (tertiary alicyclic amines) is 1. The number of benzene rings is 3. The van der Waals surface area contributed by atoms with Gasteiger partial charge in [0, 0.05) is 61.9 Å². The summed E-state index contributed by atoms with van der Waals surface area (Å²) in [6.07, 6.45) is 6.99. The van der Waals surface area contributed by atoms with Gasteiger partial charge in [-0.05, 0) is 101 Å². The van der Waals surface area contributed by atoms with Gasteiger partial charge in [-0.15, -0.1) is 0 Å². The van der Waals surface area contributed by atoms with Crippen LogP contribution in [0.15, 0.2) is 60.8 Å². The molecule has 292 valence electrons. The van der Waals surface area contributed by atoms with Crippen molar-refractivity contribution < 1.29 is 28.2 Å². The minimum atomic E-state index is -0.522. The quantitative estimate of drug-likeness (QED) is 0.119. The Morgan fingerprint density at radius 1 is 0.855 bits per heavy atom. The Labute approximate surface area is 323 Å². The third-order valence-corrected chi connectivity index (χ3v) is 10.0. The summed E-state index contributed by atoms with van der Waals surface area (Å²) in [4.78, 5) is 42.8. The van der Waals surface area contributed by atoms with E-state index in [1.807, 2.05) is 36.9 Å². The molecule has 0 spiro atoms. The number of methoxy groups -OCH3 is 1. The summed E-state index contributed by atoms with van der Waals surface area (Å²) in [6.45, 7) is 13.5. The van der Waals surface area contributed by atoms with Crippen molar-refractivity contribution in [1.29, 1.82) is 0 Å². The van der Waals surface area contributed by atoms with Gasteiger partial charge in [0.2, 0.25) is 11.8 Å². The first-order valence-corrected chi connectivity index (χ1v) is 19.3. The molecule has 0 unspecified atom stereocenters. The van der Waals surface area contributed by atoms with Gasteiger partial charge in [0.25, 0.3) is 11.8 Å². The summed E-state index contributed by atoms with van der Waals surface area (Å²) in [7, 11) is 1.48. The molecule has 12 nitrogen and oxygen atoms in total. The number of hydrogen-bond donors (Lipinski definition) is 2. The first kappa shape index (κ1) is 39.4. The number of nitrogens with zero attached hydrogens (tertiary/aromatic N) is 5. The van der Waals surface area contributed by atoms with Gasteiger partial charge in [-0.1, -0.05) is 31.5 Å². The fourth-order valence-electron chi connectivity index (χ4n) is 6.99. The van der Waals surface area contributed by atoms with Crippen LogP contribution in [0.2, 0.25) is 0 Å². The Morgan fingerprint density at radius 2 is 1.58 bits per heavy atom. The molecule has 3 heterocycles. The number of hydrogen-bond acceptors (Lipinski definition) is 10. The summed E-state index contributed by atoms with van der Waals surface area (Å²) in [6, 6.07) is 15.2. The van der Waals surface area contributed by atoms with Crippen LogP contribution in [-0.2, 0) is 0 Å². The predicted octanol–water partition coefficient (Wildman–Crippen LogP) is 7.45. The maximum absolute atomic E-state index is 15.1. The molecule has 2 N–H and O–H groups in total. The fraction of sp³-hybridized carbons (Fsp3) is 0.429. The standard InChI is InChI=1S/C42H52FN7O5/c1-5-17-48-21-23-50(24-22-48)41(52)31-13-15-36(37(26-31)53-4)55-40-33(39(51)46-38-29(2)11-9-12-30(38)3)28-44-42(47-40)45-32-14-16-35(34(43)27-32)54-25-10-20-49-18-7-6-8-19-49/h9,11-16,26-28H,5-8,10,17-25H2,1-4H3,(H,46,51)(H,44,45,47). The number of carbonyl (C=O) groups excluding carboxylic acids is 2. The van der Waals surface area contributed by atoms with Crippen LogP contribution >= 0.6 is 0 Å². The first-order chi connectivity index (χ1) is 26.7. The van der Waals surface area contributed by atoms with Crippen LogP contribution in [0.3, 0.4) is 0 Å². The second kappa shape index (κ2) is 18.9. The molecule has 0 aliphatic carbocycles. The van der Waals surface area contributed by atoms with Gasteiger partial charge in [0.05, 0.1) is 13.7 Å². The van der Waals surface area contributed by atoms with Crippen LogP contribution in [0.25, 0.3) is 0 Å². The zero-order chi connectivity index (χ0) is 38.7. The number of piperazine rings is 1. The Bertz CT molecular complexity index is 1930. The number of ether oxygens (including phenoxy) is 3. The zero-order valence-corrected chi connectivity index (χ0v) is 32.3. The summed E-state index contributed by atoms with van der Waals surface area (Å²) < 4.78 is 32.9. The van der Waals surface area contributed by atoms with Gasteiger partial charge >= 0.3 is 0 Å². The number of rotatable bonds is 15. The van der Waals surface area contributed by atoms with Crippen molar-refractivity contribution in [1.82, 2.24) is 24.7 Å². The molecule has 0 saturated carbocycles. The third kappa shape index (κ3) is 10.3. The first-order valence-electron chi connectivity index (χ1n) is 19.3. The van der Waals surface area contributed by atoms with Crippen molar-refractivity contribution >= 4 is 29.1 Å². The number of aryl methyl sites for hydroxylation is 2. The molecular formula is C42H52FN7O5. The highest BCUT2D eigenvalue weighted by molar-refractivity contribution is 6.06. The Kier molecular flexibility index (Phi) is 13.5. The number of nitrogens with one attached hydrogen (secondary N) is 2. The molecule has 55 heavy (non-hydrogen) atoms. The lowest BCUT2D eigenvalue weighted by Crippen LogP contribution is -2.48. The van der Waals surface area contributed by atoms with Crippen molar-refractivity contribution in [2.75, 3.05) is 76.7 Å². The largest absolute Gasteiger partial charge is 0.493 e.